The van der Waals surface area contributed by atoms with Gasteiger partial charge in [0.05, 0.1) is 17.0 Å². The van der Waals surface area contributed by atoms with E-state index in [0.717, 1.165) is 50.2 Å². The Kier molecular flexibility index (Phi) is 3.80. The molecule has 0 bridgehead atoms. The highest BCUT2D eigenvalue weighted by Gasteiger charge is 2.16. The van der Waals surface area contributed by atoms with Crippen molar-refractivity contribution < 1.29 is 5.11 Å². The summed E-state index contributed by atoms with van der Waals surface area (Å²) in [6, 6.07) is 7.39. The Bertz CT molecular complexity index is 645. The van der Waals surface area contributed by atoms with Gasteiger partial charge in [-0.05, 0) is 25.0 Å². The Hall–Kier alpha value is -1.72. The van der Waals surface area contributed by atoms with Gasteiger partial charge in [0, 0.05) is 26.1 Å². The molecule has 1 aliphatic heterocycles. The minimum Gasteiger partial charge on any atom is -0.393 e. The first-order valence-corrected chi connectivity index (χ1v) is 7.11. The number of likely N-dealkylation sites (tertiary alicyclic amines) is 1. The Morgan fingerprint density at radius 3 is 2.85 bits per heavy atom. The molecule has 0 unspecified atom stereocenters. The van der Waals surface area contributed by atoms with Crippen LogP contribution in [0.4, 0.5) is 0 Å². The molecule has 5 heteroatoms. The molecule has 1 fully saturated rings. The summed E-state index contributed by atoms with van der Waals surface area (Å²) in [5.74, 6) is 0.736. The van der Waals surface area contributed by atoms with Crippen LogP contribution in [0.15, 0.2) is 29.1 Å². The van der Waals surface area contributed by atoms with Crippen LogP contribution < -0.4 is 5.56 Å². The van der Waals surface area contributed by atoms with Crippen molar-refractivity contribution in [3.63, 3.8) is 0 Å². The smallest absolute Gasteiger partial charge is 0.258 e. The molecule has 0 spiro atoms. The first-order chi connectivity index (χ1) is 9.72. The Balaban J connectivity index is 1.70. The number of nitrogens with zero attached hydrogens (tertiary/aromatic N) is 2. The average molecular weight is 273 g/mol. The third-order valence-corrected chi connectivity index (χ3v) is 3.88. The van der Waals surface area contributed by atoms with Gasteiger partial charge in [-0.1, -0.05) is 12.1 Å². The summed E-state index contributed by atoms with van der Waals surface area (Å²) in [5, 5.41) is 10.1. The van der Waals surface area contributed by atoms with E-state index < -0.39 is 0 Å². The lowest BCUT2D eigenvalue weighted by atomic mass is 10.1. The topological polar surface area (TPSA) is 69.2 Å². The molecule has 0 amide bonds. The van der Waals surface area contributed by atoms with Crippen LogP contribution in [0.1, 0.15) is 18.7 Å². The first-order valence-electron chi connectivity index (χ1n) is 7.11. The summed E-state index contributed by atoms with van der Waals surface area (Å²) in [7, 11) is 0. The number of rotatable bonds is 3. The zero-order chi connectivity index (χ0) is 13.9. The van der Waals surface area contributed by atoms with Crippen molar-refractivity contribution >= 4 is 10.9 Å². The molecule has 106 valence electrons. The fourth-order valence-corrected chi connectivity index (χ4v) is 2.66. The Morgan fingerprint density at radius 1 is 1.30 bits per heavy atom. The molecule has 1 aromatic heterocycles. The van der Waals surface area contributed by atoms with Crippen molar-refractivity contribution in [2.24, 2.45) is 0 Å². The molecule has 5 nitrogen and oxygen atoms in total. The highest BCUT2D eigenvalue weighted by Crippen LogP contribution is 2.11. The molecule has 2 N–H and O–H groups in total. The van der Waals surface area contributed by atoms with Crippen LogP contribution in [0.25, 0.3) is 10.9 Å². The summed E-state index contributed by atoms with van der Waals surface area (Å²) in [6.07, 6.45) is 2.25. The highest BCUT2D eigenvalue weighted by atomic mass is 16.3. The lowest BCUT2D eigenvalue weighted by Gasteiger charge is -2.29. The monoisotopic (exact) mass is 273 g/mol. The van der Waals surface area contributed by atoms with Crippen molar-refractivity contribution in [3.8, 4) is 0 Å². The van der Waals surface area contributed by atoms with Gasteiger partial charge >= 0.3 is 0 Å². The SMILES string of the molecule is O=c1[nH]c(CCN2CCC(O)CC2)nc2ccccc12. The number of H-pyrrole nitrogens is 1. The van der Waals surface area contributed by atoms with Gasteiger partial charge < -0.3 is 15.0 Å². The number of piperidine rings is 1. The van der Waals surface area contributed by atoms with E-state index in [2.05, 4.69) is 14.9 Å². The number of hydrogen-bond donors (Lipinski definition) is 2. The summed E-state index contributed by atoms with van der Waals surface area (Å²) in [5.41, 5.74) is 0.681. The zero-order valence-corrected chi connectivity index (χ0v) is 11.4. The predicted octanol–water partition coefficient (Wildman–Crippen LogP) is 0.922. The summed E-state index contributed by atoms with van der Waals surface area (Å²) < 4.78 is 0. The summed E-state index contributed by atoms with van der Waals surface area (Å²) >= 11 is 0. The lowest BCUT2D eigenvalue weighted by molar-refractivity contribution is 0.0830. The predicted molar refractivity (Wildman–Crippen MR) is 77.7 cm³/mol. The molecule has 0 aliphatic carbocycles. The fraction of sp³-hybridized carbons (Fsp3) is 0.467. The van der Waals surface area contributed by atoms with E-state index >= 15 is 0 Å². The van der Waals surface area contributed by atoms with Gasteiger partial charge in [0.1, 0.15) is 5.82 Å². The maximum absolute atomic E-state index is 12.0. The third-order valence-electron chi connectivity index (χ3n) is 3.88. The fourth-order valence-electron chi connectivity index (χ4n) is 2.66. The number of aromatic nitrogens is 2. The zero-order valence-electron chi connectivity index (χ0n) is 11.4. The second-order valence-electron chi connectivity index (χ2n) is 5.35. The van der Waals surface area contributed by atoms with E-state index in [1.165, 1.54) is 0 Å². The number of hydrogen-bond acceptors (Lipinski definition) is 4. The van der Waals surface area contributed by atoms with Gasteiger partial charge in [0.25, 0.3) is 5.56 Å². The van der Waals surface area contributed by atoms with Crippen LogP contribution in [-0.2, 0) is 6.42 Å². The molecule has 0 atom stereocenters. The van der Waals surface area contributed by atoms with Gasteiger partial charge in [-0.2, -0.15) is 0 Å². The number of para-hydroxylation sites is 1. The molecule has 2 heterocycles. The van der Waals surface area contributed by atoms with Gasteiger partial charge in [0.15, 0.2) is 0 Å². The number of fused-ring (bicyclic) bond motifs is 1. The van der Waals surface area contributed by atoms with Crippen molar-refractivity contribution in [2.45, 2.75) is 25.4 Å². The van der Waals surface area contributed by atoms with Crippen LogP contribution in [0.3, 0.4) is 0 Å². The van der Waals surface area contributed by atoms with Crippen LogP contribution >= 0.6 is 0 Å². The molecule has 1 saturated heterocycles. The summed E-state index contributed by atoms with van der Waals surface area (Å²) in [6.45, 7) is 2.70. The number of benzene rings is 1. The molecular weight excluding hydrogens is 254 g/mol. The number of nitrogens with one attached hydrogen (secondary N) is 1. The molecule has 1 aromatic carbocycles. The third kappa shape index (κ3) is 2.89. The second-order valence-corrected chi connectivity index (χ2v) is 5.35. The molecule has 0 saturated carbocycles. The number of aliphatic hydroxyl groups is 1. The van der Waals surface area contributed by atoms with Crippen molar-refractivity contribution in [1.82, 2.24) is 14.9 Å². The molecule has 0 radical (unpaired) electrons. The van der Waals surface area contributed by atoms with E-state index in [1.807, 2.05) is 18.2 Å². The van der Waals surface area contributed by atoms with Crippen molar-refractivity contribution in [1.29, 1.82) is 0 Å². The van der Waals surface area contributed by atoms with Gasteiger partial charge in [0.2, 0.25) is 0 Å². The van der Waals surface area contributed by atoms with Gasteiger partial charge in [-0.25, -0.2) is 4.98 Å². The van der Waals surface area contributed by atoms with Crippen LogP contribution in [0, 0.1) is 0 Å². The average Bonchev–Trinajstić information content (AvgIpc) is 2.47. The van der Waals surface area contributed by atoms with E-state index in [0.29, 0.717) is 5.39 Å². The van der Waals surface area contributed by atoms with E-state index in [4.69, 9.17) is 0 Å². The summed E-state index contributed by atoms with van der Waals surface area (Å²) in [4.78, 5) is 21.6. The minimum absolute atomic E-state index is 0.0698. The van der Waals surface area contributed by atoms with E-state index in [1.54, 1.807) is 6.07 Å². The minimum atomic E-state index is -0.148. The molecule has 20 heavy (non-hydrogen) atoms. The van der Waals surface area contributed by atoms with E-state index in [-0.39, 0.29) is 11.7 Å². The molecule has 3 rings (SSSR count). The lowest BCUT2D eigenvalue weighted by Crippen LogP contribution is -2.37. The quantitative estimate of drug-likeness (QED) is 0.872. The van der Waals surface area contributed by atoms with Crippen molar-refractivity contribution in [2.75, 3.05) is 19.6 Å². The first kappa shape index (κ1) is 13.3. The van der Waals surface area contributed by atoms with Gasteiger partial charge in [-0.15, -0.1) is 0 Å². The van der Waals surface area contributed by atoms with Crippen molar-refractivity contribution in [3.05, 3.63) is 40.4 Å². The number of aromatic amines is 1. The Labute approximate surface area is 117 Å². The standard InChI is InChI=1S/C15H19N3O2/c19-11-5-8-18(9-6-11)10-7-14-16-13-4-2-1-3-12(13)15(20)17-14/h1-4,11,19H,5-10H2,(H,16,17,20). The van der Waals surface area contributed by atoms with E-state index in [9.17, 15) is 9.90 Å². The maximum atomic E-state index is 12.0. The van der Waals surface area contributed by atoms with Crippen LogP contribution in [0.5, 0.6) is 0 Å². The van der Waals surface area contributed by atoms with Crippen LogP contribution in [-0.4, -0.2) is 45.7 Å². The second kappa shape index (κ2) is 5.73. The molecule has 2 aromatic rings. The molecule has 1 aliphatic rings. The van der Waals surface area contributed by atoms with Gasteiger partial charge in [-0.3, -0.25) is 4.79 Å². The maximum Gasteiger partial charge on any atom is 0.258 e. The Morgan fingerprint density at radius 2 is 2.05 bits per heavy atom. The van der Waals surface area contributed by atoms with Crippen LogP contribution in [0.2, 0.25) is 0 Å². The normalized spacial score (nSPS) is 17.6. The largest absolute Gasteiger partial charge is 0.393 e. The molecular formula is C15H19N3O2. The highest BCUT2D eigenvalue weighted by molar-refractivity contribution is 5.77. The number of aliphatic hydroxyl groups excluding tert-OH is 1.